The first-order valence-electron chi connectivity index (χ1n) is 7.44. The first kappa shape index (κ1) is 17.1. The Kier molecular flexibility index (Phi) is 4.80. The van der Waals surface area contributed by atoms with Crippen LogP contribution in [0.15, 0.2) is 57.9 Å². The van der Waals surface area contributed by atoms with Gasteiger partial charge in [-0.1, -0.05) is 23.4 Å². The van der Waals surface area contributed by atoms with E-state index in [0.29, 0.717) is 5.56 Å². The predicted octanol–water partition coefficient (Wildman–Crippen LogP) is 2.90. The van der Waals surface area contributed by atoms with Crippen molar-refractivity contribution in [1.29, 1.82) is 0 Å². The molecule has 0 spiro atoms. The van der Waals surface area contributed by atoms with Crippen LogP contribution in [0.5, 0.6) is 5.75 Å². The summed E-state index contributed by atoms with van der Waals surface area (Å²) in [6, 6.07) is 12.4. The lowest BCUT2D eigenvalue weighted by molar-refractivity contribution is 0.386. The van der Waals surface area contributed by atoms with Gasteiger partial charge in [0.15, 0.2) is 27.2 Å². The Morgan fingerprint density at radius 1 is 1.16 bits per heavy atom. The number of nitrogens with zero attached hydrogens (tertiary/aromatic N) is 2. The van der Waals surface area contributed by atoms with E-state index in [1.165, 1.54) is 31.4 Å². The number of methoxy groups -OCH3 is 1. The monoisotopic (exact) mass is 362 g/mol. The topological polar surface area (TPSA) is 82.3 Å². The number of hydrogen-bond donors (Lipinski definition) is 0. The van der Waals surface area contributed by atoms with Crippen molar-refractivity contribution in [2.24, 2.45) is 0 Å². The van der Waals surface area contributed by atoms with Crippen molar-refractivity contribution in [3.8, 4) is 17.2 Å². The molecule has 3 rings (SSSR count). The molecule has 3 aromatic rings. The smallest absolute Gasteiger partial charge is 0.258 e. The average molecular weight is 362 g/mol. The van der Waals surface area contributed by atoms with Gasteiger partial charge in [-0.15, -0.1) is 0 Å². The molecule has 0 bridgehead atoms. The van der Waals surface area contributed by atoms with Gasteiger partial charge in [-0.05, 0) is 30.3 Å². The van der Waals surface area contributed by atoms with E-state index in [2.05, 4.69) is 10.1 Å². The highest BCUT2D eigenvalue weighted by Crippen LogP contribution is 2.24. The maximum atomic E-state index is 13.7. The van der Waals surface area contributed by atoms with Crippen LogP contribution in [0.1, 0.15) is 5.82 Å². The van der Waals surface area contributed by atoms with Crippen LogP contribution in [0.3, 0.4) is 0 Å². The lowest BCUT2D eigenvalue weighted by atomic mass is 10.2. The number of aryl methyl sites for hydroxylation is 1. The van der Waals surface area contributed by atoms with Crippen molar-refractivity contribution in [3.05, 3.63) is 60.2 Å². The highest BCUT2D eigenvalue weighted by Gasteiger charge is 2.17. The van der Waals surface area contributed by atoms with Crippen LogP contribution in [-0.2, 0) is 16.3 Å². The zero-order valence-corrected chi connectivity index (χ0v) is 14.2. The standard InChI is InChI=1S/C17H15FN2O4S/c1-23-15-8-7-12(11-14(15)18)17-19-16(20-24-17)9-10-25(21,22)13-5-3-2-4-6-13/h2-8,11H,9-10H2,1H3. The lowest BCUT2D eigenvalue weighted by Crippen LogP contribution is -2.09. The number of ether oxygens (including phenoxy) is 1. The third-order valence-electron chi connectivity index (χ3n) is 3.56. The second-order valence-corrected chi connectivity index (χ2v) is 7.36. The van der Waals surface area contributed by atoms with Gasteiger partial charge in [0.2, 0.25) is 0 Å². The molecule has 0 aliphatic carbocycles. The van der Waals surface area contributed by atoms with E-state index in [1.807, 2.05) is 0 Å². The Morgan fingerprint density at radius 3 is 2.60 bits per heavy atom. The van der Waals surface area contributed by atoms with Crippen molar-refractivity contribution in [3.63, 3.8) is 0 Å². The molecule has 0 atom stereocenters. The van der Waals surface area contributed by atoms with Gasteiger partial charge >= 0.3 is 0 Å². The van der Waals surface area contributed by atoms with Crippen LogP contribution >= 0.6 is 0 Å². The molecule has 6 nitrogen and oxygen atoms in total. The van der Waals surface area contributed by atoms with E-state index < -0.39 is 15.7 Å². The Labute approximate surface area is 144 Å². The quantitative estimate of drug-likeness (QED) is 0.671. The number of rotatable bonds is 6. The van der Waals surface area contributed by atoms with E-state index >= 15 is 0 Å². The summed E-state index contributed by atoms with van der Waals surface area (Å²) in [4.78, 5) is 4.37. The first-order chi connectivity index (χ1) is 12.0. The van der Waals surface area contributed by atoms with Crippen molar-refractivity contribution >= 4 is 9.84 Å². The Hall–Kier alpha value is -2.74. The summed E-state index contributed by atoms with van der Waals surface area (Å²) in [5.74, 6) is -0.226. The maximum absolute atomic E-state index is 13.7. The number of hydrogen-bond acceptors (Lipinski definition) is 6. The van der Waals surface area contributed by atoms with Crippen LogP contribution in [-0.4, -0.2) is 31.4 Å². The van der Waals surface area contributed by atoms with Crippen LogP contribution in [0.25, 0.3) is 11.5 Å². The van der Waals surface area contributed by atoms with E-state index in [4.69, 9.17) is 9.26 Å². The Morgan fingerprint density at radius 2 is 1.92 bits per heavy atom. The fourth-order valence-corrected chi connectivity index (χ4v) is 3.50. The molecule has 0 amide bonds. The van der Waals surface area contributed by atoms with Gasteiger partial charge in [0.05, 0.1) is 17.8 Å². The SMILES string of the molecule is COc1ccc(-c2nc(CCS(=O)(=O)c3ccccc3)no2)cc1F. The van der Waals surface area contributed by atoms with Gasteiger partial charge in [0.1, 0.15) is 0 Å². The van der Waals surface area contributed by atoms with Gasteiger partial charge in [0, 0.05) is 12.0 Å². The minimum absolute atomic E-state index is 0.0966. The summed E-state index contributed by atoms with van der Waals surface area (Å²) >= 11 is 0. The summed E-state index contributed by atoms with van der Waals surface area (Å²) in [6.07, 6.45) is 0.0966. The van der Waals surface area contributed by atoms with Crippen molar-refractivity contribution in [2.45, 2.75) is 11.3 Å². The van der Waals surface area contributed by atoms with Gasteiger partial charge in [-0.3, -0.25) is 0 Å². The molecule has 0 saturated carbocycles. The fraction of sp³-hybridized carbons (Fsp3) is 0.176. The average Bonchev–Trinajstić information content (AvgIpc) is 3.10. The summed E-state index contributed by atoms with van der Waals surface area (Å²) in [7, 11) is -2.06. The molecule has 0 aliphatic heterocycles. The van der Waals surface area contributed by atoms with E-state index in [-0.39, 0.29) is 34.5 Å². The molecule has 0 unspecified atom stereocenters. The molecular formula is C17H15FN2O4S. The highest BCUT2D eigenvalue weighted by atomic mass is 32.2. The highest BCUT2D eigenvalue weighted by molar-refractivity contribution is 7.91. The normalized spacial score (nSPS) is 11.4. The van der Waals surface area contributed by atoms with E-state index in [0.717, 1.165) is 0 Å². The van der Waals surface area contributed by atoms with Crippen LogP contribution in [0.4, 0.5) is 4.39 Å². The molecule has 1 heterocycles. The minimum atomic E-state index is -3.43. The molecule has 0 N–H and O–H groups in total. The van der Waals surface area contributed by atoms with E-state index in [1.54, 1.807) is 24.3 Å². The molecule has 2 aromatic carbocycles. The van der Waals surface area contributed by atoms with E-state index in [9.17, 15) is 12.8 Å². The fourth-order valence-electron chi connectivity index (χ4n) is 2.24. The molecule has 1 aromatic heterocycles. The van der Waals surface area contributed by atoms with Gasteiger partial charge < -0.3 is 9.26 Å². The number of sulfone groups is 1. The molecule has 25 heavy (non-hydrogen) atoms. The zero-order chi connectivity index (χ0) is 17.9. The predicted molar refractivity (Wildman–Crippen MR) is 88.4 cm³/mol. The summed E-state index contributed by atoms with van der Waals surface area (Å²) in [5.41, 5.74) is 0.392. The maximum Gasteiger partial charge on any atom is 0.258 e. The van der Waals surface area contributed by atoms with Crippen LogP contribution < -0.4 is 4.74 Å². The second-order valence-electron chi connectivity index (χ2n) is 5.25. The summed E-state index contributed by atoms with van der Waals surface area (Å²) in [5, 5.41) is 3.76. The number of aromatic nitrogens is 2. The largest absolute Gasteiger partial charge is 0.494 e. The second kappa shape index (κ2) is 7.02. The zero-order valence-electron chi connectivity index (χ0n) is 13.3. The Balaban J connectivity index is 1.73. The van der Waals surface area contributed by atoms with Crippen molar-refractivity contribution in [2.75, 3.05) is 12.9 Å². The molecule has 0 radical (unpaired) electrons. The molecule has 130 valence electrons. The van der Waals surface area contributed by atoms with Gasteiger partial charge in [-0.25, -0.2) is 12.8 Å². The van der Waals surface area contributed by atoms with Gasteiger partial charge in [0.25, 0.3) is 5.89 Å². The minimum Gasteiger partial charge on any atom is -0.494 e. The van der Waals surface area contributed by atoms with Crippen LogP contribution in [0, 0.1) is 5.82 Å². The molecule has 0 saturated heterocycles. The third kappa shape index (κ3) is 3.85. The number of halogens is 1. The molecule has 8 heteroatoms. The van der Waals surface area contributed by atoms with Crippen LogP contribution in [0.2, 0.25) is 0 Å². The number of benzene rings is 2. The first-order valence-corrected chi connectivity index (χ1v) is 9.09. The Bertz CT molecular complexity index is 971. The lowest BCUT2D eigenvalue weighted by Gasteiger charge is -2.02. The van der Waals surface area contributed by atoms with Crippen molar-refractivity contribution < 1.29 is 22.1 Å². The summed E-state index contributed by atoms with van der Waals surface area (Å²) in [6.45, 7) is 0. The summed E-state index contributed by atoms with van der Waals surface area (Å²) < 4.78 is 48.2. The van der Waals surface area contributed by atoms with Gasteiger partial charge in [-0.2, -0.15) is 4.98 Å². The third-order valence-corrected chi connectivity index (χ3v) is 5.30. The van der Waals surface area contributed by atoms with Crippen molar-refractivity contribution in [1.82, 2.24) is 10.1 Å². The molecule has 0 aliphatic rings. The molecular weight excluding hydrogens is 347 g/mol. The molecule has 0 fully saturated rings.